The van der Waals surface area contributed by atoms with Crippen LogP contribution in [-0.4, -0.2) is 14.8 Å². The molecule has 21 heavy (non-hydrogen) atoms. The first kappa shape index (κ1) is 15.6. The van der Waals surface area contributed by atoms with Gasteiger partial charge in [-0.05, 0) is 19.8 Å². The normalized spacial score (nSPS) is 11.1. The van der Waals surface area contributed by atoms with Gasteiger partial charge in [0.25, 0.3) is 5.56 Å². The molecule has 6 nitrogen and oxygen atoms in total. The van der Waals surface area contributed by atoms with Crippen molar-refractivity contribution in [2.24, 2.45) is 5.92 Å². The Bertz CT molecular complexity index is 671. The van der Waals surface area contributed by atoms with Gasteiger partial charge in [-0.3, -0.25) is 4.79 Å². The second kappa shape index (κ2) is 6.30. The van der Waals surface area contributed by atoms with E-state index in [2.05, 4.69) is 15.4 Å². The monoisotopic (exact) mass is 310 g/mol. The summed E-state index contributed by atoms with van der Waals surface area (Å²) in [6.07, 6.45) is 1.55. The van der Waals surface area contributed by atoms with Crippen LogP contribution in [0.3, 0.4) is 0 Å². The summed E-state index contributed by atoms with van der Waals surface area (Å²) in [4.78, 5) is 16.3. The van der Waals surface area contributed by atoms with Gasteiger partial charge in [-0.15, -0.1) is 0 Å². The maximum atomic E-state index is 12.1. The van der Waals surface area contributed by atoms with Gasteiger partial charge in [0.1, 0.15) is 10.8 Å². The Labute approximate surface area is 128 Å². The summed E-state index contributed by atoms with van der Waals surface area (Å²) in [5, 5.41) is 7.28. The van der Waals surface area contributed by atoms with Crippen molar-refractivity contribution in [2.45, 2.75) is 40.8 Å². The van der Waals surface area contributed by atoms with Gasteiger partial charge in [0.05, 0.1) is 24.1 Å². The molecule has 0 radical (unpaired) electrons. The molecule has 0 saturated heterocycles. The van der Waals surface area contributed by atoms with Crippen molar-refractivity contribution in [1.29, 1.82) is 0 Å². The molecule has 114 valence electrons. The van der Waals surface area contributed by atoms with Gasteiger partial charge in [0.2, 0.25) is 5.89 Å². The highest BCUT2D eigenvalue weighted by Crippen LogP contribution is 2.17. The molecule has 0 unspecified atom stereocenters. The van der Waals surface area contributed by atoms with Crippen LogP contribution in [0.15, 0.2) is 15.4 Å². The Morgan fingerprint density at radius 3 is 2.71 bits per heavy atom. The molecule has 2 rings (SSSR count). The summed E-state index contributed by atoms with van der Waals surface area (Å²) in [5.74, 6) is 1.65. The van der Waals surface area contributed by atoms with Gasteiger partial charge >= 0.3 is 0 Å². The van der Waals surface area contributed by atoms with E-state index in [4.69, 9.17) is 16.0 Å². The molecule has 0 fully saturated rings. The van der Waals surface area contributed by atoms with Gasteiger partial charge in [-0.2, -0.15) is 5.10 Å². The quantitative estimate of drug-likeness (QED) is 0.919. The van der Waals surface area contributed by atoms with Crippen LogP contribution in [0.4, 0.5) is 5.69 Å². The fraction of sp³-hybridized carbons (Fsp3) is 0.500. The van der Waals surface area contributed by atoms with Gasteiger partial charge in [-0.1, -0.05) is 25.4 Å². The number of aryl methyl sites for hydroxylation is 2. The lowest BCUT2D eigenvalue weighted by Crippen LogP contribution is -2.26. The summed E-state index contributed by atoms with van der Waals surface area (Å²) in [7, 11) is 0. The van der Waals surface area contributed by atoms with Crippen molar-refractivity contribution in [2.75, 3.05) is 5.32 Å². The van der Waals surface area contributed by atoms with Gasteiger partial charge in [0.15, 0.2) is 0 Å². The van der Waals surface area contributed by atoms with Gasteiger partial charge in [-0.25, -0.2) is 9.67 Å². The molecule has 0 aromatic carbocycles. The van der Waals surface area contributed by atoms with E-state index in [1.54, 1.807) is 6.20 Å². The first-order valence-corrected chi connectivity index (χ1v) is 7.18. The fourth-order valence-corrected chi connectivity index (χ4v) is 2.06. The largest absolute Gasteiger partial charge is 0.444 e. The van der Waals surface area contributed by atoms with Crippen LogP contribution in [-0.2, 0) is 13.1 Å². The Balaban J connectivity index is 2.14. The highest BCUT2D eigenvalue weighted by atomic mass is 35.5. The number of hydrogen-bond acceptors (Lipinski definition) is 5. The van der Waals surface area contributed by atoms with Crippen LogP contribution in [0.5, 0.6) is 0 Å². The molecular weight excluding hydrogens is 292 g/mol. The molecular formula is C14H19ClN4O2. The first-order valence-electron chi connectivity index (χ1n) is 6.81. The van der Waals surface area contributed by atoms with Crippen LogP contribution in [0, 0.1) is 19.8 Å². The molecule has 0 aliphatic rings. The minimum absolute atomic E-state index is 0.130. The fourth-order valence-electron chi connectivity index (χ4n) is 1.85. The average molecular weight is 311 g/mol. The predicted octanol–water partition coefficient (Wildman–Crippen LogP) is 2.77. The van der Waals surface area contributed by atoms with Gasteiger partial charge < -0.3 is 9.73 Å². The lowest BCUT2D eigenvalue weighted by atomic mass is 10.2. The Morgan fingerprint density at radius 2 is 2.14 bits per heavy atom. The van der Waals surface area contributed by atoms with Crippen LogP contribution in [0.1, 0.15) is 31.2 Å². The standard InChI is InChI=1S/C14H19ClN4O2/c1-8(2)7-19-14(20)13(15)11(5-17-19)16-6-12-18-9(3)10(4)21-12/h5,8,16H,6-7H2,1-4H3. The van der Waals surface area contributed by atoms with Crippen LogP contribution < -0.4 is 10.9 Å². The molecule has 0 bridgehead atoms. The number of anilines is 1. The van der Waals surface area contributed by atoms with E-state index in [9.17, 15) is 4.79 Å². The highest BCUT2D eigenvalue weighted by molar-refractivity contribution is 6.32. The third-order valence-electron chi connectivity index (χ3n) is 3.03. The number of nitrogens with one attached hydrogen (secondary N) is 1. The third kappa shape index (κ3) is 3.64. The second-order valence-corrected chi connectivity index (χ2v) is 5.73. The van der Waals surface area contributed by atoms with Crippen LogP contribution in [0.25, 0.3) is 0 Å². The van der Waals surface area contributed by atoms with Gasteiger partial charge in [0, 0.05) is 6.54 Å². The van der Waals surface area contributed by atoms with E-state index in [0.29, 0.717) is 30.6 Å². The minimum atomic E-state index is -0.296. The second-order valence-electron chi connectivity index (χ2n) is 5.36. The molecule has 1 N–H and O–H groups in total. The molecule has 0 spiro atoms. The maximum Gasteiger partial charge on any atom is 0.287 e. The van der Waals surface area contributed by atoms with E-state index >= 15 is 0 Å². The zero-order valence-corrected chi connectivity index (χ0v) is 13.4. The van der Waals surface area contributed by atoms with Crippen molar-refractivity contribution >= 4 is 17.3 Å². The highest BCUT2D eigenvalue weighted by Gasteiger charge is 2.11. The van der Waals surface area contributed by atoms with Crippen LogP contribution >= 0.6 is 11.6 Å². The summed E-state index contributed by atoms with van der Waals surface area (Å²) in [6.45, 7) is 8.65. The number of aromatic nitrogens is 3. The number of oxazole rings is 1. The number of rotatable bonds is 5. The van der Waals surface area contributed by atoms with Crippen molar-refractivity contribution in [3.05, 3.63) is 38.9 Å². The van der Waals surface area contributed by atoms with E-state index in [1.165, 1.54) is 4.68 Å². The zero-order chi connectivity index (χ0) is 15.6. The zero-order valence-electron chi connectivity index (χ0n) is 12.6. The smallest absolute Gasteiger partial charge is 0.287 e. The molecule has 2 aromatic rings. The number of hydrogen-bond donors (Lipinski definition) is 1. The predicted molar refractivity (Wildman–Crippen MR) is 81.6 cm³/mol. The average Bonchev–Trinajstić information content (AvgIpc) is 2.73. The Morgan fingerprint density at radius 1 is 1.43 bits per heavy atom. The number of nitrogens with zero attached hydrogens (tertiary/aromatic N) is 3. The minimum Gasteiger partial charge on any atom is -0.444 e. The summed E-state index contributed by atoms with van der Waals surface area (Å²) >= 11 is 6.10. The van der Waals surface area contributed by atoms with Crippen molar-refractivity contribution in [3.63, 3.8) is 0 Å². The Kier molecular flexibility index (Phi) is 4.67. The number of halogens is 1. The SMILES string of the molecule is Cc1nc(CNc2cnn(CC(C)C)c(=O)c2Cl)oc1C. The van der Waals surface area contributed by atoms with E-state index < -0.39 is 0 Å². The van der Waals surface area contributed by atoms with Crippen LogP contribution in [0.2, 0.25) is 5.02 Å². The third-order valence-corrected chi connectivity index (χ3v) is 3.39. The molecule has 0 amide bonds. The summed E-state index contributed by atoms with van der Waals surface area (Å²) in [6, 6.07) is 0. The molecule has 0 saturated carbocycles. The topological polar surface area (TPSA) is 73.0 Å². The van der Waals surface area contributed by atoms with E-state index in [1.807, 2.05) is 27.7 Å². The molecule has 2 heterocycles. The summed E-state index contributed by atoms with van der Waals surface area (Å²) < 4.78 is 6.83. The van der Waals surface area contributed by atoms with Crippen molar-refractivity contribution in [3.8, 4) is 0 Å². The molecule has 0 aliphatic carbocycles. The lowest BCUT2D eigenvalue weighted by molar-refractivity contribution is 0.463. The lowest BCUT2D eigenvalue weighted by Gasteiger charge is -2.10. The molecule has 0 aliphatic heterocycles. The molecule has 7 heteroatoms. The first-order chi connectivity index (χ1) is 9.88. The molecule has 2 aromatic heterocycles. The molecule has 0 atom stereocenters. The van der Waals surface area contributed by atoms with E-state index in [-0.39, 0.29) is 10.6 Å². The van der Waals surface area contributed by atoms with Crippen molar-refractivity contribution < 1.29 is 4.42 Å². The van der Waals surface area contributed by atoms with E-state index in [0.717, 1.165) is 11.5 Å². The Hall–Kier alpha value is -1.82. The maximum absolute atomic E-state index is 12.1. The summed E-state index contributed by atoms with van der Waals surface area (Å²) in [5.41, 5.74) is 1.04. The van der Waals surface area contributed by atoms with Crippen molar-refractivity contribution in [1.82, 2.24) is 14.8 Å².